The molecule has 0 saturated heterocycles. The molecule has 170 valence electrons. The van der Waals surface area contributed by atoms with Crippen LogP contribution >= 0.6 is 0 Å². The number of cyclic esters (lactones) is 1. The largest absolute Gasteiger partial charge is 0.493 e. The number of hydrogen-bond acceptors (Lipinski definition) is 8. The lowest BCUT2D eigenvalue weighted by atomic mass is 9.82. The van der Waals surface area contributed by atoms with Crippen LogP contribution in [0.15, 0.2) is 12.1 Å². The molecular formula is C24H27NO7. The standard InChI is InChI=1S/C24H27NO7/c1-6-12-13-9-10-25(2)18(16(13)22(29-5)23-20(12)30-11-31-23)19-14-7-8-15(27-3)21(28-4)17(14)24(26)32-19/h7-8,18-19H,6,9-11H2,1-5H3/t18-,19+/m1/s1. The van der Waals surface area contributed by atoms with E-state index in [1.54, 1.807) is 14.2 Å². The van der Waals surface area contributed by atoms with E-state index < -0.39 is 12.1 Å². The fourth-order valence-corrected chi connectivity index (χ4v) is 5.30. The number of rotatable bonds is 5. The van der Waals surface area contributed by atoms with Gasteiger partial charge < -0.3 is 28.4 Å². The molecular weight excluding hydrogens is 414 g/mol. The van der Waals surface area contributed by atoms with Gasteiger partial charge in [-0.15, -0.1) is 0 Å². The highest BCUT2D eigenvalue weighted by Gasteiger charge is 2.47. The van der Waals surface area contributed by atoms with Crippen LogP contribution in [-0.4, -0.2) is 52.6 Å². The number of likely N-dealkylation sites (N-methyl/N-ethyl adjacent to an activating group) is 1. The Bertz CT molecular complexity index is 1100. The number of esters is 1. The normalized spacial score (nSPS) is 21.1. The minimum Gasteiger partial charge on any atom is -0.493 e. The van der Waals surface area contributed by atoms with Crippen molar-refractivity contribution in [2.75, 3.05) is 41.7 Å². The average molecular weight is 441 g/mol. The second-order valence-electron chi connectivity index (χ2n) is 8.09. The summed E-state index contributed by atoms with van der Waals surface area (Å²) in [5.74, 6) is 2.50. The summed E-state index contributed by atoms with van der Waals surface area (Å²) in [4.78, 5) is 15.2. The van der Waals surface area contributed by atoms with Gasteiger partial charge in [0.15, 0.2) is 23.0 Å². The summed E-state index contributed by atoms with van der Waals surface area (Å²) in [6.45, 7) is 3.09. The number of nitrogens with zero attached hydrogens (tertiary/aromatic N) is 1. The highest BCUT2D eigenvalue weighted by molar-refractivity contribution is 5.98. The Morgan fingerprint density at radius 3 is 2.50 bits per heavy atom. The van der Waals surface area contributed by atoms with Crippen LogP contribution in [0, 0.1) is 0 Å². The summed E-state index contributed by atoms with van der Waals surface area (Å²) >= 11 is 0. The van der Waals surface area contributed by atoms with E-state index in [-0.39, 0.29) is 12.8 Å². The van der Waals surface area contributed by atoms with Gasteiger partial charge in [-0.25, -0.2) is 4.79 Å². The molecule has 2 aromatic carbocycles. The highest BCUT2D eigenvalue weighted by Crippen LogP contribution is 2.56. The minimum atomic E-state index is -0.527. The second kappa shape index (κ2) is 7.78. The van der Waals surface area contributed by atoms with Crippen LogP contribution < -0.4 is 23.7 Å². The Labute approximate surface area is 186 Å². The lowest BCUT2D eigenvalue weighted by Crippen LogP contribution is -2.37. The third-order valence-corrected chi connectivity index (χ3v) is 6.68. The lowest BCUT2D eigenvalue weighted by Gasteiger charge is -2.39. The molecule has 8 heteroatoms. The predicted octanol–water partition coefficient (Wildman–Crippen LogP) is 3.44. The molecule has 0 unspecified atom stereocenters. The van der Waals surface area contributed by atoms with Crippen LogP contribution in [0.2, 0.25) is 0 Å². The van der Waals surface area contributed by atoms with Gasteiger partial charge in [-0.3, -0.25) is 4.90 Å². The fraction of sp³-hybridized carbons (Fsp3) is 0.458. The molecule has 2 atom stereocenters. The molecule has 0 amide bonds. The van der Waals surface area contributed by atoms with Gasteiger partial charge in [-0.1, -0.05) is 13.0 Å². The van der Waals surface area contributed by atoms with Gasteiger partial charge in [0.05, 0.1) is 27.4 Å². The summed E-state index contributed by atoms with van der Waals surface area (Å²) in [5.41, 5.74) is 4.48. The molecule has 3 aliphatic rings. The molecule has 0 N–H and O–H groups in total. The molecule has 0 radical (unpaired) electrons. The Kier molecular flexibility index (Phi) is 5.04. The second-order valence-corrected chi connectivity index (χ2v) is 8.09. The SMILES string of the molecule is CCc1c2c(c(OC)c3c1OCO3)[C@H]([C@H]1OC(=O)c3c1ccc(OC)c3OC)N(C)CC2. The maximum Gasteiger partial charge on any atom is 0.343 e. The number of fused-ring (bicyclic) bond motifs is 3. The molecule has 32 heavy (non-hydrogen) atoms. The lowest BCUT2D eigenvalue weighted by molar-refractivity contribution is 0.00869. The van der Waals surface area contributed by atoms with Crippen molar-refractivity contribution in [2.24, 2.45) is 0 Å². The third kappa shape index (κ3) is 2.75. The Morgan fingerprint density at radius 1 is 1.06 bits per heavy atom. The Balaban J connectivity index is 1.73. The Hall–Kier alpha value is -3.13. The van der Waals surface area contributed by atoms with Gasteiger partial charge in [0.1, 0.15) is 11.7 Å². The molecule has 3 heterocycles. The maximum absolute atomic E-state index is 13.0. The highest BCUT2D eigenvalue weighted by atomic mass is 16.7. The number of carbonyl (C=O) groups excluding carboxylic acids is 1. The van der Waals surface area contributed by atoms with Crippen LogP contribution in [-0.2, 0) is 17.6 Å². The van der Waals surface area contributed by atoms with Crippen molar-refractivity contribution in [2.45, 2.75) is 31.9 Å². The zero-order valence-electron chi connectivity index (χ0n) is 18.9. The van der Waals surface area contributed by atoms with Crippen LogP contribution in [0.3, 0.4) is 0 Å². The maximum atomic E-state index is 13.0. The van der Waals surface area contributed by atoms with E-state index >= 15 is 0 Å². The van der Waals surface area contributed by atoms with Crippen molar-refractivity contribution >= 4 is 5.97 Å². The van der Waals surface area contributed by atoms with Gasteiger partial charge in [0.2, 0.25) is 12.5 Å². The van der Waals surface area contributed by atoms with E-state index in [0.29, 0.717) is 28.6 Å². The number of methoxy groups -OCH3 is 3. The number of benzene rings is 2. The first-order valence-electron chi connectivity index (χ1n) is 10.7. The van der Waals surface area contributed by atoms with Gasteiger partial charge in [0, 0.05) is 23.2 Å². The van der Waals surface area contributed by atoms with E-state index in [1.807, 2.05) is 19.2 Å². The van der Waals surface area contributed by atoms with Gasteiger partial charge in [-0.05, 0) is 31.5 Å². The molecule has 0 aliphatic carbocycles. The third-order valence-electron chi connectivity index (χ3n) is 6.68. The van der Waals surface area contributed by atoms with Crippen LogP contribution in [0.4, 0.5) is 0 Å². The van der Waals surface area contributed by atoms with Gasteiger partial charge in [-0.2, -0.15) is 0 Å². The van der Waals surface area contributed by atoms with Gasteiger partial charge >= 0.3 is 5.97 Å². The summed E-state index contributed by atoms with van der Waals surface area (Å²) in [7, 11) is 6.75. The monoisotopic (exact) mass is 441 g/mol. The fourth-order valence-electron chi connectivity index (χ4n) is 5.30. The van der Waals surface area contributed by atoms with Crippen molar-refractivity contribution in [3.05, 3.63) is 39.9 Å². The molecule has 5 rings (SSSR count). The first kappa shape index (κ1) is 20.8. The first-order valence-corrected chi connectivity index (χ1v) is 10.7. The minimum absolute atomic E-state index is 0.167. The van der Waals surface area contributed by atoms with Crippen molar-refractivity contribution in [1.82, 2.24) is 4.90 Å². The van der Waals surface area contributed by atoms with Crippen molar-refractivity contribution < 1.29 is 33.2 Å². The quantitative estimate of drug-likeness (QED) is 0.654. The number of carbonyl (C=O) groups is 1. The van der Waals surface area contributed by atoms with Crippen LogP contribution in [0.25, 0.3) is 0 Å². The summed E-state index contributed by atoms with van der Waals surface area (Å²) in [5, 5.41) is 0. The zero-order valence-corrected chi connectivity index (χ0v) is 18.9. The molecule has 0 aromatic heterocycles. The number of hydrogen-bond donors (Lipinski definition) is 0. The van der Waals surface area contributed by atoms with Crippen LogP contribution in [0.1, 0.15) is 51.7 Å². The average Bonchev–Trinajstić information content (AvgIpc) is 3.41. The van der Waals surface area contributed by atoms with Crippen molar-refractivity contribution in [1.29, 1.82) is 0 Å². The van der Waals surface area contributed by atoms with E-state index in [1.165, 1.54) is 12.7 Å². The van der Waals surface area contributed by atoms with Crippen molar-refractivity contribution in [3.63, 3.8) is 0 Å². The van der Waals surface area contributed by atoms with E-state index in [0.717, 1.165) is 41.8 Å². The molecule has 8 nitrogen and oxygen atoms in total. The molecule has 0 bridgehead atoms. The van der Waals surface area contributed by atoms with E-state index in [2.05, 4.69) is 11.8 Å². The summed E-state index contributed by atoms with van der Waals surface area (Å²) in [6, 6.07) is 3.44. The number of ether oxygens (including phenoxy) is 6. The molecule has 0 spiro atoms. The van der Waals surface area contributed by atoms with E-state index in [4.69, 9.17) is 28.4 Å². The molecule has 0 fully saturated rings. The van der Waals surface area contributed by atoms with Crippen molar-refractivity contribution in [3.8, 4) is 28.7 Å². The summed E-state index contributed by atoms with van der Waals surface area (Å²) in [6.07, 6.45) is 1.12. The smallest absolute Gasteiger partial charge is 0.343 e. The molecule has 0 saturated carbocycles. The first-order chi connectivity index (χ1) is 15.5. The zero-order chi connectivity index (χ0) is 22.6. The van der Waals surface area contributed by atoms with E-state index in [9.17, 15) is 4.79 Å². The van der Waals surface area contributed by atoms with Gasteiger partial charge in [0.25, 0.3) is 0 Å². The molecule has 2 aromatic rings. The Morgan fingerprint density at radius 2 is 1.81 bits per heavy atom. The predicted molar refractivity (Wildman–Crippen MR) is 115 cm³/mol. The topological polar surface area (TPSA) is 75.7 Å². The van der Waals surface area contributed by atoms with Crippen LogP contribution in [0.5, 0.6) is 28.7 Å². The summed E-state index contributed by atoms with van der Waals surface area (Å²) < 4.78 is 34.4. The molecule has 3 aliphatic heterocycles.